The smallest absolute Gasteiger partial charge is 0.161 e. The molecule has 5 aliphatic rings. The Kier molecular flexibility index (Phi) is 7.99. The largest absolute Gasteiger partial charge is 0.478 e. The molecule has 8 nitrogen and oxygen atoms in total. The van der Waals surface area contributed by atoms with Gasteiger partial charge in [0.15, 0.2) is 13.5 Å². The van der Waals surface area contributed by atoms with E-state index < -0.39 is 0 Å². The molecule has 48 heavy (non-hydrogen) atoms. The molecule has 4 aliphatic heterocycles. The van der Waals surface area contributed by atoms with E-state index in [0.29, 0.717) is 26.9 Å². The molecule has 0 amide bonds. The molecular formula is C40H44N4O4. The number of benzene rings is 4. The van der Waals surface area contributed by atoms with E-state index in [2.05, 4.69) is 92.4 Å². The second-order valence-corrected chi connectivity index (χ2v) is 14.2. The first-order chi connectivity index (χ1) is 23.7. The van der Waals surface area contributed by atoms with Crippen molar-refractivity contribution in [3.63, 3.8) is 0 Å². The second-order valence-electron chi connectivity index (χ2n) is 14.2. The average molecular weight is 645 g/mol. The van der Waals surface area contributed by atoms with Crippen molar-refractivity contribution in [1.29, 1.82) is 0 Å². The Morgan fingerprint density at radius 1 is 0.438 bits per heavy atom. The number of rotatable bonds is 6. The fourth-order valence-corrected chi connectivity index (χ4v) is 8.19. The summed E-state index contributed by atoms with van der Waals surface area (Å²) in [7, 11) is 0. The molecule has 0 bridgehead atoms. The summed E-state index contributed by atoms with van der Waals surface area (Å²) in [5.74, 6) is 5.47. The Hall–Kier alpha value is -4.40. The predicted molar refractivity (Wildman–Crippen MR) is 186 cm³/mol. The summed E-state index contributed by atoms with van der Waals surface area (Å²) in [6.07, 6.45) is 5.13. The Morgan fingerprint density at radius 2 is 0.854 bits per heavy atom. The minimum absolute atomic E-state index is 0.574. The molecule has 4 aromatic rings. The zero-order valence-corrected chi connectivity index (χ0v) is 27.6. The van der Waals surface area contributed by atoms with E-state index >= 15 is 0 Å². The number of fused-ring (bicyclic) bond motifs is 4. The number of ether oxygens (including phenoxy) is 4. The summed E-state index contributed by atoms with van der Waals surface area (Å²) < 4.78 is 24.5. The van der Waals surface area contributed by atoms with Crippen LogP contribution in [-0.4, -0.2) is 49.8 Å². The van der Waals surface area contributed by atoms with Gasteiger partial charge in [0, 0.05) is 72.9 Å². The Morgan fingerprint density at radius 3 is 1.33 bits per heavy atom. The van der Waals surface area contributed by atoms with Gasteiger partial charge < -0.3 is 28.7 Å². The van der Waals surface area contributed by atoms with Gasteiger partial charge in [-0.3, -0.25) is 9.80 Å². The van der Waals surface area contributed by atoms with Crippen molar-refractivity contribution < 1.29 is 18.9 Å². The van der Waals surface area contributed by atoms with Crippen molar-refractivity contribution in [1.82, 2.24) is 9.80 Å². The van der Waals surface area contributed by atoms with Crippen LogP contribution in [0.1, 0.15) is 47.9 Å². The van der Waals surface area contributed by atoms with Crippen molar-refractivity contribution in [2.45, 2.75) is 51.9 Å². The highest BCUT2D eigenvalue weighted by molar-refractivity contribution is 5.56. The van der Waals surface area contributed by atoms with Crippen LogP contribution in [0.2, 0.25) is 0 Å². The van der Waals surface area contributed by atoms with Crippen molar-refractivity contribution in [2.75, 3.05) is 49.8 Å². The third-order valence-electron chi connectivity index (χ3n) is 10.8. The molecule has 0 radical (unpaired) electrons. The topological polar surface area (TPSA) is 49.9 Å². The summed E-state index contributed by atoms with van der Waals surface area (Å²) in [4.78, 5) is 9.60. The number of hydrogen-bond donors (Lipinski definition) is 0. The second kappa shape index (κ2) is 12.9. The van der Waals surface area contributed by atoms with Crippen LogP contribution in [-0.2, 0) is 26.2 Å². The lowest BCUT2D eigenvalue weighted by atomic mass is 9.81. The summed E-state index contributed by atoms with van der Waals surface area (Å²) in [6.45, 7) is 8.31. The molecule has 8 heteroatoms. The normalized spacial score (nSPS) is 22.2. The van der Waals surface area contributed by atoms with Crippen LogP contribution in [0.25, 0.3) is 0 Å². The molecule has 0 N–H and O–H groups in total. The van der Waals surface area contributed by atoms with Crippen LogP contribution in [0, 0.1) is 11.8 Å². The minimum Gasteiger partial charge on any atom is -0.478 e. The quantitative estimate of drug-likeness (QED) is 0.218. The van der Waals surface area contributed by atoms with E-state index in [4.69, 9.17) is 18.9 Å². The van der Waals surface area contributed by atoms with E-state index in [1.807, 2.05) is 12.1 Å². The third-order valence-corrected chi connectivity index (χ3v) is 10.8. The molecule has 1 aliphatic carbocycles. The molecule has 1 saturated carbocycles. The summed E-state index contributed by atoms with van der Waals surface area (Å²) in [5.41, 5.74) is 7.41. The van der Waals surface area contributed by atoms with Crippen LogP contribution in [0.15, 0.2) is 84.9 Å². The number of para-hydroxylation sites is 2. The summed E-state index contributed by atoms with van der Waals surface area (Å²) in [5, 5.41) is 0. The third kappa shape index (κ3) is 6.15. The van der Waals surface area contributed by atoms with Gasteiger partial charge in [-0.25, -0.2) is 0 Å². The van der Waals surface area contributed by atoms with Crippen molar-refractivity contribution in [3.05, 3.63) is 107 Å². The van der Waals surface area contributed by atoms with Crippen LogP contribution in [0.3, 0.4) is 0 Å². The van der Waals surface area contributed by atoms with Gasteiger partial charge in [-0.05, 0) is 86.1 Å². The van der Waals surface area contributed by atoms with Gasteiger partial charge in [0.1, 0.15) is 36.5 Å². The number of anilines is 2. The Labute approximate surface area is 283 Å². The van der Waals surface area contributed by atoms with Gasteiger partial charge in [-0.2, -0.15) is 0 Å². The fourth-order valence-electron chi connectivity index (χ4n) is 8.19. The predicted octanol–water partition coefficient (Wildman–Crippen LogP) is 7.21. The molecule has 0 unspecified atom stereocenters. The van der Waals surface area contributed by atoms with Gasteiger partial charge >= 0.3 is 0 Å². The van der Waals surface area contributed by atoms with Gasteiger partial charge in [-0.15, -0.1) is 0 Å². The van der Waals surface area contributed by atoms with Crippen molar-refractivity contribution >= 4 is 11.4 Å². The van der Waals surface area contributed by atoms with Crippen LogP contribution in [0.4, 0.5) is 11.4 Å². The zero-order valence-electron chi connectivity index (χ0n) is 27.6. The van der Waals surface area contributed by atoms with E-state index in [-0.39, 0.29) is 0 Å². The Bertz CT molecular complexity index is 1640. The lowest BCUT2D eigenvalue weighted by Gasteiger charge is -2.38. The SMILES string of the molecule is c1ccc2c(c1)CN(c1ccc3c(c1)CN(CC1CCC(CN4COc5ccc(N6COc7ccccc7C6)cc5C4)CC1)CO3)CO2. The van der Waals surface area contributed by atoms with Gasteiger partial charge in [-0.1, -0.05) is 36.4 Å². The standard InChI is InChI=1S/C40H44N4O4/c1-3-7-37-31(5-1)23-43(27-47-37)35-13-15-39-33(17-35)21-41(25-45-39)19-29-9-11-30(12-10-29)20-42-22-34-18-36(14-16-40(34)46-26-42)44-24-32-6-2-4-8-38(32)48-28-44/h1-8,13-18,29-30H,9-12,19-28H2. The molecule has 0 saturated heterocycles. The molecule has 0 aromatic heterocycles. The molecular weight excluding hydrogens is 600 g/mol. The summed E-state index contributed by atoms with van der Waals surface area (Å²) in [6, 6.07) is 29.9. The highest BCUT2D eigenvalue weighted by atomic mass is 16.5. The molecule has 9 rings (SSSR count). The first kappa shape index (κ1) is 29.7. The molecule has 1 fully saturated rings. The van der Waals surface area contributed by atoms with Crippen LogP contribution < -0.4 is 28.7 Å². The maximum Gasteiger partial charge on any atom is 0.161 e. The monoisotopic (exact) mass is 644 g/mol. The highest BCUT2D eigenvalue weighted by Crippen LogP contribution is 2.37. The van der Waals surface area contributed by atoms with Crippen LogP contribution >= 0.6 is 0 Å². The lowest BCUT2D eigenvalue weighted by Crippen LogP contribution is -2.39. The molecule has 0 spiro atoms. The Balaban J connectivity index is 0.762. The zero-order chi connectivity index (χ0) is 31.9. The highest BCUT2D eigenvalue weighted by Gasteiger charge is 2.29. The van der Waals surface area contributed by atoms with Crippen LogP contribution in [0.5, 0.6) is 23.0 Å². The first-order valence-corrected chi connectivity index (χ1v) is 17.6. The maximum atomic E-state index is 6.23. The fraction of sp³-hybridized carbons (Fsp3) is 0.400. The van der Waals surface area contributed by atoms with Gasteiger partial charge in [0.25, 0.3) is 0 Å². The van der Waals surface area contributed by atoms with Crippen molar-refractivity contribution in [3.8, 4) is 23.0 Å². The average Bonchev–Trinajstić information content (AvgIpc) is 3.14. The molecule has 0 atom stereocenters. The maximum absolute atomic E-state index is 6.23. The van der Waals surface area contributed by atoms with E-state index in [9.17, 15) is 0 Å². The van der Waals surface area contributed by atoms with E-state index in [1.54, 1.807) is 0 Å². The van der Waals surface area contributed by atoms with Gasteiger partial charge in [0.2, 0.25) is 0 Å². The minimum atomic E-state index is 0.574. The van der Waals surface area contributed by atoms with E-state index in [0.717, 1.165) is 74.1 Å². The molecule has 248 valence electrons. The molecule has 4 heterocycles. The number of hydrogen-bond acceptors (Lipinski definition) is 8. The van der Waals surface area contributed by atoms with Crippen molar-refractivity contribution in [2.24, 2.45) is 11.8 Å². The summed E-state index contributed by atoms with van der Waals surface area (Å²) >= 11 is 0. The van der Waals surface area contributed by atoms with Gasteiger partial charge in [0.05, 0.1) is 0 Å². The first-order valence-electron chi connectivity index (χ1n) is 17.6. The lowest BCUT2D eigenvalue weighted by molar-refractivity contribution is 0.0527. The number of nitrogens with zero attached hydrogens (tertiary/aromatic N) is 4. The van der Waals surface area contributed by atoms with E-state index in [1.165, 1.54) is 59.3 Å². The molecule has 4 aromatic carbocycles.